The number of halogens is 1. The highest BCUT2D eigenvalue weighted by Gasteiger charge is 2.17. The van der Waals surface area contributed by atoms with Crippen LogP contribution in [0, 0.1) is 5.41 Å². The van der Waals surface area contributed by atoms with Gasteiger partial charge >= 0.3 is 0 Å². The number of benzene rings is 1. The van der Waals surface area contributed by atoms with Gasteiger partial charge in [-0.25, -0.2) is 0 Å². The predicted octanol–water partition coefficient (Wildman–Crippen LogP) is 2.83. The Hall–Kier alpha value is -1.92. The smallest absolute Gasteiger partial charge is 0.251 e. The molecule has 24 heavy (non-hydrogen) atoms. The Bertz CT molecular complexity index is 665. The number of amides is 1. The van der Waals surface area contributed by atoms with E-state index in [0.717, 1.165) is 12.0 Å². The normalized spacial score (nSPS) is 11.0. The second-order valence-corrected chi connectivity index (χ2v) is 6.73. The lowest BCUT2D eigenvalue weighted by atomic mass is 9.92. The summed E-state index contributed by atoms with van der Waals surface area (Å²) in [5.41, 5.74) is 6.83. The molecule has 132 valence electrons. The first-order valence-corrected chi connectivity index (χ1v) is 7.80. The number of nitrogens with one attached hydrogen (secondary N) is 1. The molecule has 0 atom stereocenters. The highest BCUT2D eigenvalue weighted by atomic mass is 35.5. The largest absolute Gasteiger partial charge is 0.352 e. The highest BCUT2D eigenvalue weighted by Crippen LogP contribution is 2.22. The van der Waals surface area contributed by atoms with Crippen molar-refractivity contribution < 1.29 is 9.32 Å². The fourth-order valence-corrected chi connectivity index (χ4v) is 2.10. The maximum atomic E-state index is 12.1. The molecule has 1 amide bonds. The number of hydrogen-bond acceptors (Lipinski definition) is 5. The number of nitrogens with zero attached hydrogens (tertiary/aromatic N) is 2. The summed E-state index contributed by atoms with van der Waals surface area (Å²) >= 11 is 0. The fourth-order valence-electron chi connectivity index (χ4n) is 2.10. The van der Waals surface area contributed by atoms with Gasteiger partial charge in [-0.05, 0) is 30.5 Å². The number of carbonyl (C=O) groups excluding carboxylic acids is 1. The molecule has 2 aromatic rings. The van der Waals surface area contributed by atoms with Crippen LogP contribution in [0.3, 0.4) is 0 Å². The van der Waals surface area contributed by atoms with E-state index in [0.29, 0.717) is 36.8 Å². The van der Waals surface area contributed by atoms with Crippen LogP contribution in [0.5, 0.6) is 0 Å². The minimum atomic E-state index is -0.126. The molecule has 0 fully saturated rings. The van der Waals surface area contributed by atoms with Crippen LogP contribution in [-0.4, -0.2) is 29.1 Å². The van der Waals surface area contributed by atoms with Crippen molar-refractivity contribution in [2.75, 3.05) is 13.1 Å². The van der Waals surface area contributed by atoms with Gasteiger partial charge in [0.05, 0.1) is 0 Å². The van der Waals surface area contributed by atoms with Crippen molar-refractivity contribution in [3.8, 4) is 11.4 Å². The summed E-state index contributed by atoms with van der Waals surface area (Å²) in [6.45, 7) is 7.47. The summed E-state index contributed by atoms with van der Waals surface area (Å²) in [5.74, 6) is 0.977. The maximum Gasteiger partial charge on any atom is 0.251 e. The Morgan fingerprint density at radius 2 is 2.08 bits per heavy atom. The Balaban J connectivity index is 0.00000288. The minimum Gasteiger partial charge on any atom is -0.352 e. The molecular formula is C17H25ClN4O2. The molecule has 2 rings (SSSR count). The van der Waals surface area contributed by atoms with E-state index in [-0.39, 0.29) is 23.7 Å². The van der Waals surface area contributed by atoms with Crippen LogP contribution in [0.2, 0.25) is 0 Å². The molecule has 0 spiro atoms. The van der Waals surface area contributed by atoms with Crippen LogP contribution in [0.25, 0.3) is 11.4 Å². The average Bonchev–Trinajstić information content (AvgIpc) is 2.94. The van der Waals surface area contributed by atoms with Gasteiger partial charge in [-0.2, -0.15) is 4.98 Å². The first-order chi connectivity index (χ1) is 10.9. The van der Waals surface area contributed by atoms with E-state index in [9.17, 15) is 4.79 Å². The van der Waals surface area contributed by atoms with Gasteiger partial charge in [-0.3, -0.25) is 4.79 Å². The van der Waals surface area contributed by atoms with Gasteiger partial charge in [0.1, 0.15) is 0 Å². The summed E-state index contributed by atoms with van der Waals surface area (Å²) in [6, 6.07) is 7.20. The Labute approximate surface area is 148 Å². The Kier molecular flexibility index (Phi) is 7.38. The summed E-state index contributed by atoms with van der Waals surface area (Å²) in [7, 11) is 0. The van der Waals surface area contributed by atoms with Crippen LogP contribution in [0.15, 0.2) is 28.8 Å². The summed E-state index contributed by atoms with van der Waals surface area (Å²) in [6.07, 6.45) is 1.46. The molecule has 1 aromatic heterocycles. The zero-order valence-electron chi connectivity index (χ0n) is 14.3. The molecule has 0 unspecified atom stereocenters. The monoisotopic (exact) mass is 352 g/mol. The Morgan fingerprint density at radius 1 is 1.33 bits per heavy atom. The topological polar surface area (TPSA) is 94.0 Å². The van der Waals surface area contributed by atoms with Crippen LogP contribution in [0.1, 0.15) is 43.4 Å². The molecule has 0 bridgehead atoms. The summed E-state index contributed by atoms with van der Waals surface area (Å²) in [4.78, 5) is 16.5. The molecule has 7 heteroatoms. The number of carbonyl (C=O) groups is 1. The number of nitrogens with two attached hydrogens (primary N) is 1. The number of aromatic nitrogens is 2. The third-order valence-electron chi connectivity index (χ3n) is 3.20. The van der Waals surface area contributed by atoms with Gasteiger partial charge in [-0.15, -0.1) is 12.4 Å². The molecule has 1 aromatic carbocycles. The van der Waals surface area contributed by atoms with E-state index < -0.39 is 0 Å². The van der Waals surface area contributed by atoms with Crippen molar-refractivity contribution >= 4 is 18.3 Å². The van der Waals surface area contributed by atoms with Gasteiger partial charge < -0.3 is 15.6 Å². The van der Waals surface area contributed by atoms with Crippen molar-refractivity contribution in [2.45, 2.75) is 33.6 Å². The van der Waals surface area contributed by atoms with E-state index in [4.69, 9.17) is 10.3 Å². The second kappa shape index (κ2) is 8.80. The van der Waals surface area contributed by atoms with Crippen LogP contribution in [0.4, 0.5) is 0 Å². The zero-order chi connectivity index (χ0) is 16.9. The lowest BCUT2D eigenvalue weighted by Gasteiger charge is -2.13. The van der Waals surface area contributed by atoms with Crippen LogP contribution < -0.4 is 11.1 Å². The SMILES string of the molecule is CC(C)(C)Cc1nc(-c2cccc(C(=O)NCCCN)c2)no1.Cl. The maximum absolute atomic E-state index is 12.1. The predicted molar refractivity (Wildman–Crippen MR) is 96.1 cm³/mol. The molecule has 0 radical (unpaired) electrons. The molecule has 0 aliphatic rings. The van der Waals surface area contributed by atoms with Gasteiger partial charge in [0.2, 0.25) is 11.7 Å². The van der Waals surface area contributed by atoms with Crippen molar-refractivity contribution in [1.29, 1.82) is 0 Å². The molecular weight excluding hydrogens is 328 g/mol. The van der Waals surface area contributed by atoms with E-state index in [1.54, 1.807) is 12.1 Å². The summed E-state index contributed by atoms with van der Waals surface area (Å²) < 4.78 is 5.30. The zero-order valence-corrected chi connectivity index (χ0v) is 15.2. The number of hydrogen-bond donors (Lipinski definition) is 2. The van der Waals surface area contributed by atoms with E-state index in [1.165, 1.54) is 0 Å². The number of rotatable bonds is 6. The third kappa shape index (κ3) is 5.94. The molecule has 0 aliphatic heterocycles. The van der Waals surface area contributed by atoms with Crippen molar-refractivity contribution in [3.05, 3.63) is 35.7 Å². The lowest BCUT2D eigenvalue weighted by Crippen LogP contribution is -2.25. The molecule has 0 aliphatic carbocycles. The van der Waals surface area contributed by atoms with Gasteiger partial charge in [0.15, 0.2) is 0 Å². The fraction of sp³-hybridized carbons (Fsp3) is 0.471. The average molecular weight is 353 g/mol. The minimum absolute atomic E-state index is 0. The lowest BCUT2D eigenvalue weighted by molar-refractivity contribution is 0.0953. The first kappa shape index (κ1) is 20.1. The summed E-state index contributed by atoms with van der Waals surface area (Å²) in [5, 5.41) is 6.84. The van der Waals surface area contributed by atoms with E-state index in [2.05, 4.69) is 36.2 Å². The van der Waals surface area contributed by atoms with Gasteiger partial charge in [0.25, 0.3) is 5.91 Å². The Morgan fingerprint density at radius 3 is 2.75 bits per heavy atom. The molecule has 0 saturated heterocycles. The highest BCUT2D eigenvalue weighted by molar-refractivity contribution is 5.95. The van der Waals surface area contributed by atoms with Crippen LogP contribution in [-0.2, 0) is 6.42 Å². The second-order valence-electron chi connectivity index (χ2n) is 6.73. The molecule has 1 heterocycles. The first-order valence-electron chi connectivity index (χ1n) is 7.80. The van der Waals surface area contributed by atoms with E-state index in [1.807, 2.05) is 12.1 Å². The third-order valence-corrected chi connectivity index (χ3v) is 3.20. The van der Waals surface area contributed by atoms with Crippen molar-refractivity contribution in [1.82, 2.24) is 15.5 Å². The molecule has 3 N–H and O–H groups in total. The quantitative estimate of drug-likeness (QED) is 0.779. The van der Waals surface area contributed by atoms with Crippen molar-refractivity contribution in [2.24, 2.45) is 11.1 Å². The molecule has 6 nitrogen and oxygen atoms in total. The van der Waals surface area contributed by atoms with Crippen molar-refractivity contribution in [3.63, 3.8) is 0 Å². The van der Waals surface area contributed by atoms with Gasteiger partial charge in [-0.1, -0.05) is 38.1 Å². The van der Waals surface area contributed by atoms with E-state index >= 15 is 0 Å². The van der Waals surface area contributed by atoms with Crippen LogP contribution >= 0.6 is 12.4 Å². The standard InChI is InChI=1S/C17H24N4O2.ClH/c1-17(2,3)11-14-20-15(21-23-14)12-6-4-7-13(10-12)16(22)19-9-5-8-18;/h4,6-7,10H,5,8-9,11,18H2,1-3H3,(H,19,22);1H. The van der Waals surface area contributed by atoms with Gasteiger partial charge in [0, 0.05) is 24.1 Å². The molecule has 0 saturated carbocycles.